The van der Waals surface area contributed by atoms with E-state index < -0.39 is 22.8 Å². The lowest BCUT2D eigenvalue weighted by Gasteiger charge is -2.33. The molecule has 0 bridgehead atoms. The minimum absolute atomic E-state index is 0.0589. The van der Waals surface area contributed by atoms with Crippen LogP contribution in [-0.4, -0.2) is 36.3 Å². The molecule has 1 aliphatic heterocycles. The molecule has 0 unspecified atom stereocenters. The Balaban J connectivity index is 1.83. The van der Waals surface area contributed by atoms with Crippen molar-refractivity contribution < 1.29 is 23.0 Å². The average molecular weight is 352 g/mol. The van der Waals surface area contributed by atoms with E-state index in [-0.39, 0.29) is 17.8 Å². The van der Waals surface area contributed by atoms with Gasteiger partial charge in [0.25, 0.3) is 0 Å². The number of nitrogens with zero attached hydrogens (tertiary/aromatic N) is 2. The van der Waals surface area contributed by atoms with Crippen molar-refractivity contribution >= 4 is 6.09 Å². The quantitative estimate of drug-likeness (QED) is 0.829. The summed E-state index contributed by atoms with van der Waals surface area (Å²) in [5, 5.41) is 8.65. The largest absolute Gasteiger partial charge is 0.493 e. The third-order valence-corrected chi connectivity index (χ3v) is 3.88. The SMILES string of the molecule is CC(C)(C)OC(=O)N1CCC(COc2cc(F)c(C#N)c(F)c2)CC1. The molecule has 0 spiro atoms. The minimum atomic E-state index is -0.933. The zero-order valence-corrected chi connectivity index (χ0v) is 14.6. The Kier molecular flexibility index (Phi) is 5.83. The molecular formula is C18H22F2N2O3. The summed E-state index contributed by atoms with van der Waals surface area (Å²) < 4.78 is 37.9. The van der Waals surface area contributed by atoms with Gasteiger partial charge >= 0.3 is 6.09 Å². The lowest BCUT2D eigenvalue weighted by Crippen LogP contribution is -2.42. The van der Waals surface area contributed by atoms with Gasteiger partial charge in [-0.3, -0.25) is 0 Å². The Labute approximate surface area is 146 Å². The average Bonchev–Trinajstić information content (AvgIpc) is 2.51. The summed E-state index contributed by atoms with van der Waals surface area (Å²) in [6.45, 7) is 6.87. The van der Waals surface area contributed by atoms with Crippen LogP contribution < -0.4 is 4.74 Å². The summed E-state index contributed by atoms with van der Waals surface area (Å²) in [5.41, 5.74) is -1.14. The standard InChI is InChI=1S/C18H22F2N2O3/c1-18(2,3)25-17(23)22-6-4-12(5-7-22)11-24-13-8-15(19)14(10-21)16(20)9-13/h8-9,12H,4-7,11H2,1-3H3. The van der Waals surface area contributed by atoms with Gasteiger partial charge in [-0.2, -0.15) is 5.26 Å². The molecule has 0 aliphatic carbocycles. The van der Waals surface area contributed by atoms with Crippen molar-refractivity contribution in [1.82, 2.24) is 4.90 Å². The third-order valence-electron chi connectivity index (χ3n) is 3.88. The molecule has 136 valence electrons. The van der Waals surface area contributed by atoms with Crippen molar-refractivity contribution in [2.45, 2.75) is 39.2 Å². The highest BCUT2D eigenvalue weighted by molar-refractivity contribution is 5.68. The molecule has 0 saturated carbocycles. The zero-order valence-electron chi connectivity index (χ0n) is 14.6. The maximum atomic E-state index is 13.6. The van der Waals surface area contributed by atoms with E-state index in [1.165, 1.54) is 6.07 Å². The van der Waals surface area contributed by atoms with Gasteiger partial charge in [-0.1, -0.05) is 0 Å². The molecular weight excluding hydrogens is 330 g/mol. The second-order valence-corrected chi connectivity index (χ2v) is 7.10. The van der Waals surface area contributed by atoms with Crippen LogP contribution in [0.4, 0.5) is 13.6 Å². The third kappa shape index (κ3) is 5.31. The number of hydrogen-bond acceptors (Lipinski definition) is 4. The Morgan fingerprint density at radius 2 is 1.84 bits per heavy atom. The van der Waals surface area contributed by atoms with Crippen molar-refractivity contribution in [2.24, 2.45) is 5.92 Å². The number of hydrogen-bond donors (Lipinski definition) is 0. The first kappa shape index (κ1) is 19.0. The van der Waals surface area contributed by atoms with Gasteiger partial charge in [-0.15, -0.1) is 0 Å². The van der Waals surface area contributed by atoms with Crippen molar-refractivity contribution in [1.29, 1.82) is 5.26 Å². The molecule has 0 radical (unpaired) electrons. The first-order valence-electron chi connectivity index (χ1n) is 8.19. The van der Waals surface area contributed by atoms with Crippen molar-refractivity contribution in [3.8, 4) is 11.8 Å². The van der Waals surface area contributed by atoms with Crippen LogP contribution in [0.15, 0.2) is 12.1 Å². The summed E-state index contributed by atoms with van der Waals surface area (Å²) in [6, 6.07) is 3.50. The van der Waals surface area contributed by atoms with Crippen LogP contribution in [0.25, 0.3) is 0 Å². The van der Waals surface area contributed by atoms with Gasteiger partial charge < -0.3 is 14.4 Å². The fourth-order valence-corrected chi connectivity index (χ4v) is 2.56. The fraction of sp³-hybridized carbons (Fsp3) is 0.556. The molecule has 1 aromatic carbocycles. The Morgan fingerprint density at radius 3 is 2.32 bits per heavy atom. The molecule has 1 amide bonds. The van der Waals surface area contributed by atoms with Gasteiger partial charge in [0.15, 0.2) is 0 Å². The number of halogens is 2. The summed E-state index contributed by atoms with van der Waals surface area (Å²) in [7, 11) is 0. The molecule has 2 rings (SSSR count). The lowest BCUT2D eigenvalue weighted by atomic mass is 9.98. The maximum Gasteiger partial charge on any atom is 0.410 e. The summed E-state index contributed by atoms with van der Waals surface area (Å²) in [6.07, 6.45) is 1.11. The van der Waals surface area contributed by atoms with E-state index in [0.717, 1.165) is 25.0 Å². The lowest BCUT2D eigenvalue weighted by molar-refractivity contribution is 0.0164. The highest BCUT2D eigenvalue weighted by Crippen LogP contribution is 2.23. The molecule has 0 aromatic heterocycles. The predicted molar refractivity (Wildman–Crippen MR) is 87.1 cm³/mol. The molecule has 1 heterocycles. The Bertz CT molecular complexity index is 649. The van der Waals surface area contributed by atoms with Gasteiger partial charge in [-0.05, 0) is 39.5 Å². The Morgan fingerprint density at radius 1 is 1.28 bits per heavy atom. The van der Waals surface area contributed by atoms with Crippen molar-refractivity contribution in [2.75, 3.05) is 19.7 Å². The second kappa shape index (κ2) is 7.68. The highest BCUT2D eigenvalue weighted by atomic mass is 19.1. The minimum Gasteiger partial charge on any atom is -0.493 e. The second-order valence-electron chi connectivity index (χ2n) is 7.10. The summed E-state index contributed by atoms with van der Waals surface area (Å²) >= 11 is 0. The van der Waals surface area contributed by atoms with Gasteiger partial charge in [-0.25, -0.2) is 13.6 Å². The van der Waals surface area contributed by atoms with Crippen molar-refractivity contribution in [3.63, 3.8) is 0 Å². The maximum absolute atomic E-state index is 13.6. The molecule has 0 atom stereocenters. The molecule has 25 heavy (non-hydrogen) atoms. The first-order valence-corrected chi connectivity index (χ1v) is 8.19. The zero-order chi connectivity index (χ0) is 18.6. The van der Waals surface area contributed by atoms with E-state index in [2.05, 4.69) is 0 Å². The van der Waals surface area contributed by atoms with Crippen LogP contribution in [0.3, 0.4) is 0 Å². The van der Waals surface area contributed by atoms with Gasteiger partial charge in [0.2, 0.25) is 0 Å². The molecule has 1 fully saturated rings. The number of ether oxygens (including phenoxy) is 2. The molecule has 7 heteroatoms. The predicted octanol–water partition coefficient (Wildman–Crippen LogP) is 3.86. The van der Waals surface area contributed by atoms with Gasteiger partial charge in [0, 0.05) is 25.2 Å². The summed E-state index contributed by atoms with van der Waals surface area (Å²) in [4.78, 5) is 13.7. The molecule has 0 N–H and O–H groups in total. The van der Waals surface area contributed by atoms with E-state index in [9.17, 15) is 13.6 Å². The van der Waals surface area contributed by atoms with E-state index >= 15 is 0 Å². The molecule has 1 aromatic rings. The number of carbonyl (C=O) groups is 1. The highest BCUT2D eigenvalue weighted by Gasteiger charge is 2.27. The molecule has 5 nitrogen and oxygen atoms in total. The van der Waals surface area contributed by atoms with Crippen LogP contribution in [0.2, 0.25) is 0 Å². The number of benzene rings is 1. The van der Waals surface area contributed by atoms with E-state index in [0.29, 0.717) is 19.7 Å². The van der Waals surface area contributed by atoms with E-state index in [4.69, 9.17) is 14.7 Å². The van der Waals surface area contributed by atoms with Gasteiger partial charge in [0.05, 0.1) is 6.61 Å². The van der Waals surface area contributed by atoms with Crippen molar-refractivity contribution in [3.05, 3.63) is 29.3 Å². The number of likely N-dealkylation sites (tertiary alicyclic amines) is 1. The normalized spacial score (nSPS) is 15.6. The smallest absolute Gasteiger partial charge is 0.410 e. The first-order chi connectivity index (χ1) is 11.7. The fourth-order valence-electron chi connectivity index (χ4n) is 2.56. The number of rotatable bonds is 3. The number of amides is 1. The van der Waals surface area contributed by atoms with Crippen LogP contribution >= 0.6 is 0 Å². The molecule has 1 saturated heterocycles. The van der Waals surface area contributed by atoms with Gasteiger partial charge in [0.1, 0.15) is 34.6 Å². The number of nitriles is 1. The van der Waals surface area contributed by atoms with Crippen LogP contribution in [0.1, 0.15) is 39.2 Å². The summed E-state index contributed by atoms with van der Waals surface area (Å²) in [5.74, 6) is -1.63. The van der Waals surface area contributed by atoms with Crippen LogP contribution in [-0.2, 0) is 4.74 Å². The topological polar surface area (TPSA) is 62.6 Å². The van der Waals surface area contributed by atoms with Crippen LogP contribution in [0, 0.1) is 28.9 Å². The van der Waals surface area contributed by atoms with Crippen LogP contribution in [0.5, 0.6) is 5.75 Å². The molecule has 1 aliphatic rings. The monoisotopic (exact) mass is 352 g/mol. The van der Waals surface area contributed by atoms with E-state index in [1.54, 1.807) is 4.90 Å². The van der Waals surface area contributed by atoms with E-state index in [1.807, 2.05) is 20.8 Å². The Hall–Kier alpha value is -2.36. The number of piperidine rings is 1. The number of carbonyl (C=O) groups excluding carboxylic acids is 1.